The summed E-state index contributed by atoms with van der Waals surface area (Å²) in [6.07, 6.45) is 2.65. The van der Waals surface area contributed by atoms with Crippen LogP contribution in [0.1, 0.15) is 0 Å². The molecule has 1 N–H and O–H groups in total. The summed E-state index contributed by atoms with van der Waals surface area (Å²) < 4.78 is 40.0. The Bertz CT molecular complexity index is 676. The topological polar surface area (TPSA) is 59.1 Å². The van der Waals surface area contributed by atoms with Crippen LogP contribution in [0.5, 0.6) is 0 Å². The molecule has 1 aromatic carbocycles. The van der Waals surface area contributed by atoms with E-state index in [1.807, 2.05) is 0 Å². The van der Waals surface area contributed by atoms with Crippen LogP contribution < -0.4 is 4.72 Å². The zero-order chi connectivity index (χ0) is 13.2. The Balaban J connectivity index is 2.37. The van der Waals surface area contributed by atoms with E-state index >= 15 is 0 Å². The second-order valence-electron chi connectivity index (χ2n) is 3.42. The van der Waals surface area contributed by atoms with Gasteiger partial charge in [0.2, 0.25) is 0 Å². The molecule has 7 heteroatoms. The van der Waals surface area contributed by atoms with Gasteiger partial charge in [-0.3, -0.25) is 9.71 Å². The summed E-state index contributed by atoms with van der Waals surface area (Å²) in [4.78, 5) is 3.71. The molecule has 18 heavy (non-hydrogen) atoms. The highest BCUT2D eigenvalue weighted by atomic mass is 79.9. The first-order valence-electron chi connectivity index (χ1n) is 4.87. The van der Waals surface area contributed by atoms with Gasteiger partial charge in [0, 0.05) is 16.9 Å². The van der Waals surface area contributed by atoms with E-state index in [1.54, 1.807) is 6.07 Å². The minimum atomic E-state index is -3.84. The molecule has 0 radical (unpaired) electrons. The molecule has 0 unspecified atom stereocenters. The van der Waals surface area contributed by atoms with Crippen LogP contribution in [0.15, 0.2) is 52.1 Å². The molecule has 0 aliphatic heterocycles. The molecule has 4 nitrogen and oxygen atoms in total. The third-order valence-electron chi connectivity index (χ3n) is 2.11. The maximum atomic E-state index is 13.4. The molecule has 0 aliphatic carbocycles. The van der Waals surface area contributed by atoms with Crippen molar-refractivity contribution >= 4 is 31.6 Å². The number of hydrogen-bond acceptors (Lipinski definition) is 3. The Morgan fingerprint density at radius 3 is 2.61 bits per heavy atom. The highest BCUT2D eigenvalue weighted by Gasteiger charge is 2.16. The van der Waals surface area contributed by atoms with Crippen molar-refractivity contribution in [3.05, 3.63) is 53.0 Å². The fourth-order valence-electron chi connectivity index (χ4n) is 1.29. The van der Waals surface area contributed by atoms with Crippen molar-refractivity contribution in [1.82, 2.24) is 4.98 Å². The molecular formula is C11H8BrFN2O2S. The molecule has 0 aliphatic rings. The molecule has 0 saturated carbocycles. The van der Waals surface area contributed by atoms with E-state index in [-0.39, 0.29) is 10.6 Å². The summed E-state index contributed by atoms with van der Waals surface area (Å²) in [5.41, 5.74) is -0.0996. The van der Waals surface area contributed by atoms with Crippen LogP contribution in [0.25, 0.3) is 0 Å². The molecule has 0 bridgehead atoms. The minimum absolute atomic E-state index is 0.0415. The number of aromatic nitrogens is 1. The van der Waals surface area contributed by atoms with Crippen molar-refractivity contribution in [1.29, 1.82) is 0 Å². The third kappa shape index (κ3) is 2.85. The van der Waals surface area contributed by atoms with Gasteiger partial charge in [-0.2, -0.15) is 0 Å². The van der Waals surface area contributed by atoms with Gasteiger partial charge in [-0.25, -0.2) is 12.8 Å². The van der Waals surface area contributed by atoms with Gasteiger partial charge in [0.25, 0.3) is 10.0 Å². The van der Waals surface area contributed by atoms with Crippen LogP contribution in [0.3, 0.4) is 0 Å². The number of nitrogens with zero attached hydrogens (tertiary/aromatic N) is 1. The van der Waals surface area contributed by atoms with Gasteiger partial charge in [-0.1, -0.05) is 12.1 Å². The lowest BCUT2D eigenvalue weighted by molar-refractivity contribution is 0.598. The number of halogens is 2. The molecular weight excluding hydrogens is 323 g/mol. The van der Waals surface area contributed by atoms with E-state index in [0.29, 0.717) is 4.47 Å². The van der Waals surface area contributed by atoms with Crippen LogP contribution in [-0.4, -0.2) is 13.4 Å². The van der Waals surface area contributed by atoms with E-state index in [1.165, 1.54) is 36.7 Å². The zero-order valence-corrected chi connectivity index (χ0v) is 11.4. The van der Waals surface area contributed by atoms with Crippen LogP contribution in [0.4, 0.5) is 10.1 Å². The SMILES string of the molecule is O=S(=O)(Nc1ccccc1F)c1cncc(Br)c1. The van der Waals surface area contributed by atoms with Crippen molar-refractivity contribution in [3.8, 4) is 0 Å². The van der Waals surface area contributed by atoms with Crippen LogP contribution in [0.2, 0.25) is 0 Å². The standard InChI is InChI=1S/C11H8BrFN2O2S/c12-8-5-9(7-14-6-8)18(16,17)15-11-4-2-1-3-10(11)13/h1-7,15H. The molecule has 0 atom stereocenters. The second kappa shape index (κ2) is 5.03. The third-order valence-corrected chi connectivity index (χ3v) is 3.87. The monoisotopic (exact) mass is 330 g/mol. The summed E-state index contributed by atoms with van der Waals surface area (Å²) in [6, 6.07) is 6.93. The number of para-hydroxylation sites is 1. The number of benzene rings is 1. The summed E-state index contributed by atoms with van der Waals surface area (Å²) in [6.45, 7) is 0. The summed E-state index contributed by atoms with van der Waals surface area (Å²) in [5.74, 6) is -0.635. The van der Waals surface area contributed by atoms with Crippen molar-refractivity contribution in [2.45, 2.75) is 4.90 Å². The van der Waals surface area contributed by atoms with Crippen molar-refractivity contribution in [2.24, 2.45) is 0 Å². The van der Waals surface area contributed by atoms with Crippen LogP contribution in [0, 0.1) is 5.82 Å². The van der Waals surface area contributed by atoms with E-state index in [4.69, 9.17) is 0 Å². The molecule has 1 heterocycles. The number of sulfonamides is 1. The average molecular weight is 331 g/mol. The maximum Gasteiger partial charge on any atom is 0.263 e. The fraction of sp³-hybridized carbons (Fsp3) is 0. The molecule has 2 rings (SSSR count). The Morgan fingerprint density at radius 1 is 1.22 bits per heavy atom. The van der Waals surface area contributed by atoms with Crippen molar-refractivity contribution in [2.75, 3.05) is 4.72 Å². The smallest absolute Gasteiger partial charge is 0.263 e. The molecule has 2 aromatic rings. The molecule has 94 valence electrons. The lowest BCUT2D eigenvalue weighted by Crippen LogP contribution is -2.14. The Kier molecular flexibility index (Phi) is 3.63. The predicted molar refractivity (Wildman–Crippen MR) is 69.1 cm³/mol. The summed E-state index contributed by atoms with van der Waals surface area (Å²) >= 11 is 3.13. The van der Waals surface area contributed by atoms with Gasteiger partial charge in [-0.05, 0) is 34.1 Å². The van der Waals surface area contributed by atoms with Gasteiger partial charge in [-0.15, -0.1) is 0 Å². The molecule has 0 amide bonds. The zero-order valence-electron chi connectivity index (χ0n) is 8.97. The van der Waals surface area contributed by atoms with Gasteiger partial charge >= 0.3 is 0 Å². The lowest BCUT2D eigenvalue weighted by Gasteiger charge is -2.08. The second-order valence-corrected chi connectivity index (χ2v) is 6.02. The molecule has 0 spiro atoms. The van der Waals surface area contributed by atoms with E-state index < -0.39 is 15.8 Å². The maximum absolute atomic E-state index is 13.4. The quantitative estimate of drug-likeness (QED) is 0.941. The number of anilines is 1. The van der Waals surface area contributed by atoms with Crippen LogP contribution in [-0.2, 0) is 10.0 Å². The Hall–Kier alpha value is -1.47. The average Bonchev–Trinajstić information content (AvgIpc) is 2.32. The largest absolute Gasteiger partial charge is 0.277 e. The highest BCUT2D eigenvalue weighted by molar-refractivity contribution is 9.10. The first kappa shape index (κ1) is 13.0. The Labute approximate surface area is 112 Å². The molecule has 0 saturated heterocycles. The van der Waals surface area contributed by atoms with Gasteiger partial charge < -0.3 is 0 Å². The van der Waals surface area contributed by atoms with Crippen LogP contribution >= 0.6 is 15.9 Å². The number of hydrogen-bond donors (Lipinski definition) is 1. The minimum Gasteiger partial charge on any atom is -0.277 e. The van der Waals surface area contributed by atoms with E-state index in [0.717, 1.165) is 0 Å². The summed E-state index contributed by atoms with van der Waals surface area (Å²) in [7, 11) is -3.84. The van der Waals surface area contributed by atoms with E-state index in [9.17, 15) is 12.8 Å². The lowest BCUT2D eigenvalue weighted by atomic mass is 10.3. The predicted octanol–water partition coefficient (Wildman–Crippen LogP) is 2.78. The van der Waals surface area contributed by atoms with Gasteiger partial charge in [0.15, 0.2) is 0 Å². The number of rotatable bonds is 3. The molecule has 1 aromatic heterocycles. The Morgan fingerprint density at radius 2 is 1.94 bits per heavy atom. The van der Waals surface area contributed by atoms with E-state index in [2.05, 4.69) is 25.6 Å². The highest BCUT2D eigenvalue weighted by Crippen LogP contribution is 2.20. The van der Waals surface area contributed by atoms with Gasteiger partial charge in [0.05, 0.1) is 5.69 Å². The normalized spacial score (nSPS) is 11.2. The first-order valence-corrected chi connectivity index (χ1v) is 7.14. The van der Waals surface area contributed by atoms with Gasteiger partial charge in [0.1, 0.15) is 10.7 Å². The number of nitrogens with one attached hydrogen (secondary N) is 1. The number of pyridine rings is 1. The summed E-state index contributed by atoms with van der Waals surface area (Å²) in [5, 5.41) is 0. The van der Waals surface area contributed by atoms with Crippen molar-refractivity contribution < 1.29 is 12.8 Å². The first-order chi connectivity index (χ1) is 8.49. The molecule has 0 fully saturated rings. The fourth-order valence-corrected chi connectivity index (χ4v) is 2.86. The van der Waals surface area contributed by atoms with Crippen molar-refractivity contribution in [3.63, 3.8) is 0 Å².